The van der Waals surface area contributed by atoms with E-state index in [0.29, 0.717) is 6.04 Å². The van der Waals surface area contributed by atoms with Crippen molar-refractivity contribution in [3.8, 4) is 0 Å². The van der Waals surface area contributed by atoms with Crippen molar-refractivity contribution in [3.63, 3.8) is 0 Å². The largest absolute Gasteiger partial charge is 0.379 e. The lowest BCUT2D eigenvalue weighted by Gasteiger charge is -2.26. The number of hydrogen-bond acceptors (Lipinski definition) is 4. The van der Waals surface area contributed by atoms with E-state index in [1.165, 1.54) is 0 Å². The van der Waals surface area contributed by atoms with Crippen molar-refractivity contribution in [1.29, 1.82) is 0 Å². The van der Waals surface area contributed by atoms with E-state index in [1.54, 1.807) is 0 Å². The van der Waals surface area contributed by atoms with Gasteiger partial charge in [0.15, 0.2) is 0 Å². The predicted molar refractivity (Wildman–Crippen MR) is 39.5 cm³/mol. The topological polar surface area (TPSA) is 48.5 Å². The fourth-order valence-corrected chi connectivity index (χ4v) is 1.13. The van der Waals surface area contributed by atoms with Crippen LogP contribution in [0.3, 0.4) is 0 Å². The van der Waals surface area contributed by atoms with E-state index in [4.69, 9.17) is 0 Å². The van der Waals surface area contributed by atoms with Crippen LogP contribution in [-0.2, 0) is 0 Å². The number of amidine groups is 1. The second-order valence-electron chi connectivity index (χ2n) is 2.35. The lowest BCUT2D eigenvalue weighted by atomic mass is 10.2. The third-order valence-electron chi connectivity index (χ3n) is 1.65. The first-order valence-corrected chi connectivity index (χ1v) is 3.39. The van der Waals surface area contributed by atoms with Crippen molar-refractivity contribution in [1.82, 2.24) is 16.0 Å². The van der Waals surface area contributed by atoms with Crippen molar-refractivity contribution < 1.29 is 0 Å². The summed E-state index contributed by atoms with van der Waals surface area (Å²) in [4.78, 5) is 4.23. The molecule has 2 aliphatic rings. The highest BCUT2D eigenvalue weighted by molar-refractivity contribution is 5.89. The smallest absolute Gasteiger partial charge is 0.126 e. The molecule has 10 heavy (non-hydrogen) atoms. The van der Waals surface area contributed by atoms with Gasteiger partial charge in [0.1, 0.15) is 5.84 Å². The van der Waals surface area contributed by atoms with Gasteiger partial charge in [0.2, 0.25) is 0 Å². The first-order chi connectivity index (χ1) is 4.97. The Balaban J connectivity index is 2.17. The van der Waals surface area contributed by atoms with Crippen LogP contribution in [0.1, 0.15) is 0 Å². The van der Waals surface area contributed by atoms with Crippen LogP contribution >= 0.6 is 0 Å². The minimum Gasteiger partial charge on any atom is -0.379 e. The highest BCUT2D eigenvalue weighted by Gasteiger charge is 2.18. The van der Waals surface area contributed by atoms with Crippen LogP contribution in [0, 0.1) is 0 Å². The van der Waals surface area contributed by atoms with E-state index in [0.717, 1.165) is 19.0 Å². The van der Waals surface area contributed by atoms with E-state index in [9.17, 15) is 0 Å². The SMILES string of the molecule is C1=CNC2CNCN=C2N1. The summed E-state index contributed by atoms with van der Waals surface area (Å²) in [7, 11) is 0. The Morgan fingerprint density at radius 1 is 1.50 bits per heavy atom. The fourth-order valence-electron chi connectivity index (χ4n) is 1.13. The molecule has 0 aromatic rings. The quantitative estimate of drug-likeness (QED) is 0.401. The molecule has 0 fully saturated rings. The molecule has 0 saturated heterocycles. The van der Waals surface area contributed by atoms with Crippen LogP contribution in [0.2, 0.25) is 0 Å². The Bertz CT molecular complexity index is 184. The van der Waals surface area contributed by atoms with E-state index >= 15 is 0 Å². The maximum atomic E-state index is 4.23. The summed E-state index contributed by atoms with van der Waals surface area (Å²) >= 11 is 0. The monoisotopic (exact) mass is 138 g/mol. The van der Waals surface area contributed by atoms with Gasteiger partial charge in [0, 0.05) is 18.9 Å². The molecule has 0 aromatic heterocycles. The minimum absolute atomic E-state index is 0.346. The Labute approximate surface area is 59.4 Å². The molecule has 1 atom stereocenters. The Morgan fingerprint density at radius 2 is 2.50 bits per heavy atom. The summed E-state index contributed by atoms with van der Waals surface area (Å²) < 4.78 is 0. The molecule has 0 radical (unpaired) electrons. The maximum absolute atomic E-state index is 4.23. The third kappa shape index (κ3) is 0.863. The van der Waals surface area contributed by atoms with E-state index in [2.05, 4.69) is 20.9 Å². The van der Waals surface area contributed by atoms with Crippen molar-refractivity contribution in [2.45, 2.75) is 6.04 Å². The number of nitrogens with one attached hydrogen (secondary N) is 3. The van der Waals surface area contributed by atoms with Crippen LogP contribution in [0.25, 0.3) is 0 Å². The second kappa shape index (κ2) is 2.30. The summed E-state index contributed by atoms with van der Waals surface area (Å²) in [5, 5.41) is 9.43. The van der Waals surface area contributed by atoms with Gasteiger partial charge in [-0.3, -0.25) is 10.3 Å². The molecule has 1 unspecified atom stereocenters. The van der Waals surface area contributed by atoms with E-state index < -0.39 is 0 Å². The van der Waals surface area contributed by atoms with Gasteiger partial charge in [-0.05, 0) is 0 Å². The number of hydrogen-bond donors (Lipinski definition) is 3. The number of fused-ring (bicyclic) bond motifs is 1. The van der Waals surface area contributed by atoms with Gasteiger partial charge in [-0.2, -0.15) is 0 Å². The summed E-state index contributed by atoms with van der Waals surface area (Å²) in [6, 6.07) is 0.346. The van der Waals surface area contributed by atoms with Gasteiger partial charge in [0.05, 0.1) is 12.7 Å². The molecule has 54 valence electrons. The van der Waals surface area contributed by atoms with E-state index in [1.807, 2.05) is 12.4 Å². The summed E-state index contributed by atoms with van der Waals surface area (Å²) in [6.07, 6.45) is 3.76. The third-order valence-corrected chi connectivity index (χ3v) is 1.65. The lowest BCUT2D eigenvalue weighted by molar-refractivity contribution is 0.573. The van der Waals surface area contributed by atoms with Gasteiger partial charge in [-0.15, -0.1) is 0 Å². The molecule has 2 rings (SSSR count). The Kier molecular flexibility index (Phi) is 1.32. The highest BCUT2D eigenvalue weighted by atomic mass is 15.2. The molecule has 0 saturated carbocycles. The average Bonchev–Trinajstić information content (AvgIpc) is 2.05. The van der Waals surface area contributed by atoms with Gasteiger partial charge in [0.25, 0.3) is 0 Å². The maximum Gasteiger partial charge on any atom is 0.126 e. The van der Waals surface area contributed by atoms with Crippen LogP contribution in [0.4, 0.5) is 0 Å². The zero-order valence-electron chi connectivity index (χ0n) is 5.59. The Hall–Kier alpha value is -1.03. The van der Waals surface area contributed by atoms with Crippen molar-refractivity contribution in [3.05, 3.63) is 12.4 Å². The molecule has 0 amide bonds. The molecule has 0 bridgehead atoms. The molecule has 0 aliphatic carbocycles. The molecular formula is C6H10N4. The minimum atomic E-state index is 0.346. The van der Waals surface area contributed by atoms with E-state index in [-0.39, 0.29) is 0 Å². The van der Waals surface area contributed by atoms with Crippen molar-refractivity contribution in [2.75, 3.05) is 13.2 Å². The summed E-state index contributed by atoms with van der Waals surface area (Å²) in [5.41, 5.74) is 0. The molecule has 2 heterocycles. The zero-order chi connectivity index (χ0) is 6.81. The van der Waals surface area contributed by atoms with Crippen molar-refractivity contribution in [2.24, 2.45) is 4.99 Å². The molecule has 4 nitrogen and oxygen atoms in total. The fraction of sp³-hybridized carbons (Fsp3) is 0.500. The predicted octanol–water partition coefficient (Wildman–Crippen LogP) is -1.02. The normalized spacial score (nSPS) is 29.6. The highest BCUT2D eigenvalue weighted by Crippen LogP contribution is 1.95. The van der Waals surface area contributed by atoms with Crippen molar-refractivity contribution >= 4 is 5.84 Å². The summed E-state index contributed by atoms with van der Waals surface area (Å²) in [6.45, 7) is 1.69. The molecule has 4 heteroatoms. The number of nitrogens with zero attached hydrogens (tertiary/aromatic N) is 1. The molecule has 3 N–H and O–H groups in total. The molecule has 0 aromatic carbocycles. The average molecular weight is 138 g/mol. The Morgan fingerprint density at radius 3 is 3.40 bits per heavy atom. The number of rotatable bonds is 0. The summed E-state index contributed by atoms with van der Waals surface area (Å²) in [5.74, 6) is 1.04. The first kappa shape index (κ1) is 5.73. The second-order valence-corrected chi connectivity index (χ2v) is 2.35. The first-order valence-electron chi connectivity index (χ1n) is 3.39. The van der Waals surface area contributed by atoms with Gasteiger partial charge >= 0.3 is 0 Å². The van der Waals surface area contributed by atoms with Crippen LogP contribution in [-0.4, -0.2) is 25.1 Å². The lowest BCUT2D eigenvalue weighted by Crippen LogP contribution is -2.52. The molecule has 2 aliphatic heterocycles. The standard InChI is InChI=1S/C6H10N4/c1-2-9-6-5(8-1)3-7-4-10-6/h1-2,5,7-8H,3-4H2,(H,9,10). The molecule has 0 spiro atoms. The van der Waals surface area contributed by atoms with Gasteiger partial charge in [-0.1, -0.05) is 0 Å². The molecular weight excluding hydrogens is 128 g/mol. The number of aliphatic imine (C=N–C) groups is 1. The van der Waals surface area contributed by atoms with Crippen LogP contribution in [0.5, 0.6) is 0 Å². The zero-order valence-corrected chi connectivity index (χ0v) is 5.59. The van der Waals surface area contributed by atoms with Gasteiger partial charge in [-0.25, -0.2) is 0 Å². The van der Waals surface area contributed by atoms with Gasteiger partial charge < -0.3 is 10.6 Å². The van der Waals surface area contributed by atoms with Crippen LogP contribution in [0.15, 0.2) is 17.4 Å². The van der Waals surface area contributed by atoms with Crippen LogP contribution < -0.4 is 16.0 Å².